The van der Waals surface area contributed by atoms with E-state index in [-0.39, 0.29) is 5.91 Å². The van der Waals surface area contributed by atoms with Crippen LogP contribution in [-0.4, -0.2) is 68.6 Å². The number of nitrogens with one attached hydrogen (secondary N) is 1. The predicted molar refractivity (Wildman–Crippen MR) is 108 cm³/mol. The summed E-state index contributed by atoms with van der Waals surface area (Å²) >= 11 is 0. The van der Waals surface area contributed by atoms with E-state index in [9.17, 15) is 4.79 Å². The number of hydrogen-bond acceptors (Lipinski definition) is 4. The van der Waals surface area contributed by atoms with Gasteiger partial charge in [0, 0.05) is 38.6 Å². The van der Waals surface area contributed by atoms with Gasteiger partial charge < -0.3 is 15.0 Å². The molecule has 1 N–H and O–H groups in total. The molecular weight excluding hydrogens is 338 g/mol. The molecule has 0 saturated carbocycles. The highest BCUT2D eigenvalue weighted by Crippen LogP contribution is 2.18. The van der Waals surface area contributed by atoms with E-state index < -0.39 is 0 Å². The second kappa shape index (κ2) is 9.53. The van der Waals surface area contributed by atoms with Gasteiger partial charge in [0.05, 0.1) is 12.2 Å². The highest BCUT2D eigenvalue weighted by Gasteiger charge is 2.23. The minimum atomic E-state index is -0.0769. The second-order valence-corrected chi connectivity index (χ2v) is 7.19. The van der Waals surface area contributed by atoms with Crippen LogP contribution in [-0.2, 0) is 6.42 Å². The molecule has 2 aromatic carbocycles. The van der Waals surface area contributed by atoms with Crippen molar-refractivity contribution in [3.8, 4) is 5.75 Å². The molecule has 0 unspecified atom stereocenters. The third kappa shape index (κ3) is 5.55. The van der Waals surface area contributed by atoms with Gasteiger partial charge >= 0.3 is 0 Å². The third-order valence-electron chi connectivity index (χ3n) is 5.10. The van der Waals surface area contributed by atoms with Gasteiger partial charge in [-0.15, -0.1) is 0 Å². The molecule has 144 valence electrons. The third-order valence-corrected chi connectivity index (χ3v) is 5.10. The van der Waals surface area contributed by atoms with Crippen LogP contribution in [0.3, 0.4) is 0 Å². The lowest BCUT2D eigenvalue weighted by molar-refractivity contribution is 0.0878. The Morgan fingerprint density at radius 1 is 1.07 bits per heavy atom. The van der Waals surface area contributed by atoms with E-state index in [0.717, 1.165) is 26.1 Å². The molecule has 0 spiro atoms. The predicted octanol–water partition coefficient (Wildman–Crippen LogP) is 2.28. The molecule has 0 aromatic heterocycles. The molecule has 0 bridgehead atoms. The van der Waals surface area contributed by atoms with Crippen molar-refractivity contribution >= 4 is 5.91 Å². The number of piperazine rings is 1. The molecule has 1 heterocycles. The molecule has 3 rings (SSSR count). The maximum Gasteiger partial charge on any atom is 0.255 e. The standard InChI is InChI=1S/C22H29N3O2/c1-24-13-14-25(2)19(17-24)16-23-22(26)20-10-6-7-11-21(20)27-15-12-18-8-4-3-5-9-18/h3-11,19H,12-17H2,1-2H3,(H,23,26)/t19-/m1/s1. The summed E-state index contributed by atoms with van der Waals surface area (Å²) in [5.41, 5.74) is 1.82. The van der Waals surface area contributed by atoms with Crippen LogP contribution in [0.2, 0.25) is 0 Å². The highest BCUT2D eigenvalue weighted by molar-refractivity contribution is 5.96. The Bertz CT molecular complexity index is 735. The van der Waals surface area contributed by atoms with Crippen molar-refractivity contribution in [1.29, 1.82) is 0 Å². The molecule has 5 heteroatoms. The van der Waals surface area contributed by atoms with E-state index in [0.29, 0.717) is 30.5 Å². The number of nitrogens with zero attached hydrogens (tertiary/aromatic N) is 2. The molecule has 0 radical (unpaired) electrons. The summed E-state index contributed by atoms with van der Waals surface area (Å²) in [6, 6.07) is 18.0. The number of ether oxygens (including phenoxy) is 1. The van der Waals surface area contributed by atoms with Gasteiger partial charge in [0.25, 0.3) is 5.91 Å². The number of benzene rings is 2. The number of carbonyl (C=O) groups excluding carboxylic acids is 1. The van der Waals surface area contributed by atoms with E-state index >= 15 is 0 Å². The zero-order chi connectivity index (χ0) is 19.1. The van der Waals surface area contributed by atoms with Crippen LogP contribution in [0, 0.1) is 0 Å². The lowest BCUT2D eigenvalue weighted by Crippen LogP contribution is -2.54. The van der Waals surface area contributed by atoms with Gasteiger partial charge in [0.15, 0.2) is 0 Å². The quantitative estimate of drug-likeness (QED) is 0.816. The van der Waals surface area contributed by atoms with E-state index in [4.69, 9.17) is 4.74 Å². The van der Waals surface area contributed by atoms with Crippen LogP contribution in [0.25, 0.3) is 0 Å². The first kappa shape index (κ1) is 19.4. The largest absolute Gasteiger partial charge is 0.492 e. The highest BCUT2D eigenvalue weighted by atomic mass is 16.5. The van der Waals surface area contributed by atoms with E-state index in [1.54, 1.807) is 0 Å². The normalized spacial score (nSPS) is 18.2. The summed E-state index contributed by atoms with van der Waals surface area (Å²) < 4.78 is 5.91. The smallest absolute Gasteiger partial charge is 0.255 e. The van der Waals surface area contributed by atoms with Gasteiger partial charge in [-0.25, -0.2) is 0 Å². The second-order valence-electron chi connectivity index (χ2n) is 7.19. The number of carbonyl (C=O) groups is 1. The number of rotatable bonds is 7. The Labute approximate surface area is 161 Å². The molecule has 1 fully saturated rings. The van der Waals surface area contributed by atoms with Crippen LogP contribution >= 0.6 is 0 Å². The fourth-order valence-electron chi connectivity index (χ4n) is 3.33. The van der Waals surface area contributed by atoms with Gasteiger partial charge in [0.2, 0.25) is 0 Å². The zero-order valence-electron chi connectivity index (χ0n) is 16.2. The number of amides is 1. The first-order valence-electron chi connectivity index (χ1n) is 9.56. The monoisotopic (exact) mass is 367 g/mol. The molecule has 1 atom stereocenters. The number of likely N-dealkylation sites (N-methyl/N-ethyl adjacent to an activating group) is 2. The molecule has 1 aliphatic rings. The van der Waals surface area contributed by atoms with Gasteiger partial charge in [0.1, 0.15) is 5.75 Å². The van der Waals surface area contributed by atoms with E-state index in [2.05, 4.69) is 41.3 Å². The van der Waals surface area contributed by atoms with Crippen molar-refractivity contribution in [2.24, 2.45) is 0 Å². The van der Waals surface area contributed by atoms with Crippen molar-refractivity contribution in [2.75, 3.05) is 46.9 Å². The average Bonchev–Trinajstić information content (AvgIpc) is 2.69. The summed E-state index contributed by atoms with van der Waals surface area (Å²) in [6.07, 6.45) is 0.815. The molecule has 27 heavy (non-hydrogen) atoms. The Hall–Kier alpha value is -2.37. The molecule has 2 aromatic rings. The maximum atomic E-state index is 12.7. The lowest BCUT2D eigenvalue weighted by Gasteiger charge is -2.37. The summed E-state index contributed by atoms with van der Waals surface area (Å²) in [4.78, 5) is 17.3. The molecule has 1 aliphatic heterocycles. The SMILES string of the molecule is CN1CCN(C)[C@H](CNC(=O)c2ccccc2OCCc2ccccc2)C1. The summed E-state index contributed by atoms with van der Waals surface area (Å²) in [6.45, 7) is 4.24. The fourth-order valence-corrected chi connectivity index (χ4v) is 3.33. The zero-order valence-corrected chi connectivity index (χ0v) is 16.2. The summed E-state index contributed by atoms with van der Waals surface area (Å²) in [7, 11) is 4.24. The van der Waals surface area contributed by atoms with E-state index in [1.807, 2.05) is 42.5 Å². The summed E-state index contributed by atoms with van der Waals surface area (Å²) in [5.74, 6) is 0.562. The lowest BCUT2D eigenvalue weighted by atomic mass is 10.1. The first-order valence-corrected chi connectivity index (χ1v) is 9.56. The van der Waals surface area contributed by atoms with Gasteiger partial charge in [-0.1, -0.05) is 42.5 Å². The fraction of sp³-hybridized carbons (Fsp3) is 0.409. The Balaban J connectivity index is 1.55. The van der Waals surface area contributed by atoms with Crippen molar-refractivity contribution in [1.82, 2.24) is 15.1 Å². The minimum Gasteiger partial charge on any atom is -0.492 e. The van der Waals surface area contributed by atoms with E-state index in [1.165, 1.54) is 5.56 Å². The molecule has 5 nitrogen and oxygen atoms in total. The summed E-state index contributed by atoms with van der Waals surface area (Å²) in [5, 5.41) is 3.08. The average molecular weight is 367 g/mol. The molecular formula is C22H29N3O2. The van der Waals surface area contributed by atoms with Crippen molar-refractivity contribution in [3.05, 3.63) is 65.7 Å². The Morgan fingerprint density at radius 3 is 2.63 bits per heavy atom. The van der Waals surface area contributed by atoms with Crippen LogP contribution in [0.1, 0.15) is 15.9 Å². The molecule has 0 aliphatic carbocycles. The maximum absolute atomic E-state index is 12.7. The molecule has 1 amide bonds. The van der Waals surface area contributed by atoms with Crippen LogP contribution in [0.4, 0.5) is 0 Å². The Kier molecular flexibility index (Phi) is 6.85. The van der Waals surface area contributed by atoms with Gasteiger partial charge in [-0.05, 0) is 31.8 Å². The van der Waals surface area contributed by atoms with Crippen LogP contribution < -0.4 is 10.1 Å². The number of hydrogen-bond donors (Lipinski definition) is 1. The van der Waals surface area contributed by atoms with Crippen LogP contribution in [0.5, 0.6) is 5.75 Å². The number of para-hydroxylation sites is 1. The van der Waals surface area contributed by atoms with Crippen molar-refractivity contribution < 1.29 is 9.53 Å². The van der Waals surface area contributed by atoms with Crippen LogP contribution in [0.15, 0.2) is 54.6 Å². The molecule has 1 saturated heterocycles. The van der Waals surface area contributed by atoms with Crippen molar-refractivity contribution in [3.63, 3.8) is 0 Å². The Morgan fingerprint density at radius 2 is 1.81 bits per heavy atom. The minimum absolute atomic E-state index is 0.0769. The van der Waals surface area contributed by atoms with Gasteiger partial charge in [-0.3, -0.25) is 9.69 Å². The van der Waals surface area contributed by atoms with Gasteiger partial charge in [-0.2, -0.15) is 0 Å². The first-order chi connectivity index (χ1) is 13.1. The van der Waals surface area contributed by atoms with Crippen molar-refractivity contribution in [2.45, 2.75) is 12.5 Å². The topological polar surface area (TPSA) is 44.8 Å².